The molecule has 0 saturated carbocycles. The van der Waals surface area contributed by atoms with Gasteiger partial charge in [0.05, 0.1) is 5.69 Å². The third-order valence-electron chi connectivity index (χ3n) is 11.8. The van der Waals surface area contributed by atoms with Crippen molar-refractivity contribution in [3.8, 4) is 44.5 Å². The third kappa shape index (κ3) is 4.61. The molecule has 3 heterocycles. The number of fused-ring (bicyclic) bond motifs is 13. The van der Waals surface area contributed by atoms with Gasteiger partial charge in [-0.15, -0.1) is 10.0 Å². The maximum absolute atomic E-state index is 6.51. The predicted octanol–water partition coefficient (Wildman–Crippen LogP) is 15.7. The Bertz CT molecular complexity index is 3140. The van der Waals surface area contributed by atoms with E-state index in [1.165, 1.54) is 53.0 Å². The van der Waals surface area contributed by atoms with Gasteiger partial charge in [0.15, 0.2) is 0 Å². The summed E-state index contributed by atoms with van der Waals surface area (Å²) in [6, 6.07) is 77.9. The molecule has 2 aliphatic heterocycles. The van der Waals surface area contributed by atoms with Gasteiger partial charge in [-0.3, -0.25) is 0 Å². The van der Waals surface area contributed by atoms with Crippen LogP contribution in [0.25, 0.3) is 66.4 Å². The molecule has 0 N–H and O–H groups in total. The van der Waals surface area contributed by atoms with Gasteiger partial charge in [-0.05, 0) is 106 Å². The molecule has 0 saturated heterocycles. The molecule has 1 spiro atoms. The maximum atomic E-state index is 6.51. The lowest BCUT2D eigenvalue weighted by atomic mass is 9.91. The Morgan fingerprint density at radius 3 is 1.60 bits per heavy atom. The Morgan fingerprint density at radius 1 is 0.333 bits per heavy atom. The standard InChI is InChI=1S/C54H35NOS/c1-3-16-36(17-4-1)40-24-15-25-47(54(40)37-30-32-42-41-20-7-11-26-48(41)56-49(42)34-37)55(38-18-5-2-6-19-38)39-31-33-46-45-23-10-14-29-52(45)57(53(46)35-39)50-27-12-8-21-43(50)44-22-9-13-28-51(44)57/h1-35H. The predicted molar refractivity (Wildman–Crippen MR) is 237 cm³/mol. The lowest BCUT2D eigenvalue weighted by molar-refractivity contribution is 0.669. The molecule has 0 aliphatic carbocycles. The van der Waals surface area contributed by atoms with Crippen molar-refractivity contribution in [1.82, 2.24) is 0 Å². The summed E-state index contributed by atoms with van der Waals surface area (Å²) in [5.74, 6) is 0. The quantitative estimate of drug-likeness (QED) is 0.174. The smallest absolute Gasteiger partial charge is 0.136 e. The second-order valence-electron chi connectivity index (χ2n) is 14.8. The van der Waals surface area contributed by atoms with E-state index >= 15 is 0 Å². The Hall–Kier alpha value is -7.07. The van der Waals surface area contributed by atoms with Crippen LogP contribution in [0.3, 0.4) is 0 Å². The molecule has 10 aromatic rings. The molecule has 12 rings (SSSR count). The van der Waals surface area contributed by atoms with Crippen molar-refractivity contribution in [3.63, 3.8) is 0 Å². The van der Waals surface area contributed by atoms with Crippen molar-refractivity contribution in [1.29, 1.82) is 0 Å². The normalized spacial score (nSPS) is 13.6. The first-order chi connectivity index (χ1) is 28.3. The van der Waals surface area contributed by atoms with Crippen molar-refractivity contribution in [3.05, 3.63) is 212 Å². The topological polar surface area (TPSA) is 16.4 Å². The number of rotatable bonds is 5. The molecule has 3 heteroatoms. The van der Waals surface area contributed by atoms with Crippen LogP contribution >= 0.6 is 10.0 Å². The largest absolute Gasteiger partial charge is 0.456 e. The second kappa shape index (κ2) is 12.5. The molecule has 0 radical (unpaired) electrons. The van der Waals surface area contributed by atoms with E-state index in [2.05, 4.69) is 211 Å². The Balaban J connectivity index is 1.15. The fourth-order valence-electron chi connectivity index (χ4n) is 9.48. The van der Waals surface area contributed by atoms with Crippen LogP contribution in [-0.2, 0) is 0 Å². The van der Waals surface area contributed by atoms with E-state index < -0.39 is 10.0 Å². The van der Waals surface area contributed by atoms with E-state index in [1.807, 2.05) is 6.07 Å². The van der Waals surface area contributed by atoms with E-state index in [1.54, 1.807) is 0 Å². The number of hydrogen-bond acceptors (Lipinski definition) is 2. The summed E-state index contributed by atoms with van der Waals surface area (Å²) in [4.78, 5) is 8.13. The van der Waals surface area contributed by atoms with Crippen molar-refractivity contribution < 1.29 is 4.42 Å². The minimum absolute atomic E-state index is 0.883. The van der Waals surface area contributed by atoms with Gasteiger partial charge in [-0.2, -0.15) is 0 Å². The summed E-state index contributed by atoms with van der Waals surface area (Å²) in [7, 11) is -1.77. The highest BCUT2D eigenvalue weighted by atomic mass is 32.3. The van der Waals surface area contributed by atoms with Gasteiger partial charge < -0.3 is 9.32 Å². The molecule has 0 amide bonds. The minimum Gasteiger partial charge on any atom is -0.456 e. The third-order valence-corrected chi connectivity index (χ3v) is 15.9. The number of para-hydroxylation sites is 2. The Morgan fingerprint density at radius 2 is 0.895 bits per heavy atom. The summed E-state index contributed by atoms with van der Waals surface area (Å²) < 4.78 is 6.51. The SMILES string of the molecule is c1ccc(-c2cccc(N(c3ccccc3)c3ccc4c(c3)S3(c5ccccc5-c5ccccc53)c3ccccc3-4)c2-c2ccc3c(c2)oc2ccccc23)cc1. The second-order valence-corrected chi connectivity index (χ2v) is 17.8. The lowest BCUT2D eigenvalue weighted by Gasteiger charge is -2.37. The summed E-state index contributed by atoms with van der Waals surface area (Å²) in [6.07, 6.45) is 0. The van der Waals surface area contributed by atoms with E-state index in [0.717, 1.165) is 50.1 Å². The number of anilines is 3. The van der Waals surface area contributed by atoms with Crippen LogP contribution in [0.15, 0.2) is 236 Å². The van der Waals surface area contributed by atoms with Crippen molar-refractivity contribution >= 4 is 49.0 Å². The monoisotopic (exact) mass is 745 g/mol. The number of hydrogen-bond donors (Lipinski definition) is 0. The van der Waals surface area contributed by atoms with Crippen LogP contribution in [0.4, 0.5) is 17.1 Å². The van der Waals surface area contributed by atoms with Crippen LogP contribution < -0.4 is 4.90 Å². The molecule has 1 aromatic heterocycles. The molecule has 0 atom stereocenters. The van der Waals surface area contributed by atoms with Gasteiger partial charge in [0.25, 0.3) is 0 Å². The number of furan rings is 1. The summed E-state index contributed by atoms with van der Waals surface area (Å²) in [5, 5.41) is 2.25. The van der Waals surface area contributed by atoms with Crippen molar-refractivity contribution in [2.45, 2.75) is 19.6 Å². The van der Waals surface area contributed by atoms with Gasteiger partial charge in [0.1, 0.15) is 11.2 Å². The fourth-order valence-corrected chi connectivity index (χ4v) is 14.1. The van der Waals surface area contributed by atoms with E-state index in [4.69, 9.17) is 4.42 Å². The highest BCUT2D eigenvalue weighted by molar-refractivity contribution is 8.34. The van der Waals surface area contributed by atoms with Crippen LogP contribution in [0.5, 0.6) is 0 Å². The minimum atomic E-state index is -1.77. The van der Waals surface area contributed by atoms with Gasteiger partial charge in [-0.1, -0.05) is 146 Å². The number of benzene rings is 9. The molecule has 9 aromatic carbocycles. The molecular weight excluding hydrogens is 711 g/mol. The highest BCUT2D eigenvalue weighted by Crippen LogP contribution is 2.85. The molecular formula is C54H35NOS. The number of nitrogens with zero attached hydrogens (tertiary/aromatic N) is 1. The average molecular weight is 746 g/mol. The lowest BCUT2D eigenvalue weighted by Crippen LogP contribution is -2.12. The first-order valence-corrected chi connectivity index (χ1v) is 21.1. The van der Waals surface area contributed by atoms with Crippen LogP contribution in [0.1, 0.15) is 0 Å². The van der Waals surface area contributed by atoms with Gasteiger partial charge in [0, 0.05) is 47.3 Å². The highest BCUT2D eigenvalue weighted by Gasteiger charge is 2.48. The zero-order valence-electron chi connectivity index (χ0n) is 31.0. The van der Waals surface area contributed by atoms with Crippen LogP contribution in [-0.4, -0.2) is 0 Å². The first-order valence-electron chi connectivity index (χ1n) is 19.5. The summed E-state index contributed by atoms with van der Waals surface area (Å²) >= 11 is 0. The molecule has 0 fully saturated rings. The zero-order valence-corrected chi connectivity index (χ0v) is 31.8. The van der Waals surface area contributed by atoms with Crippen molar-refractivity contribution in [2.24, 2.45) is 0 Å². The molecule has 0 unspecified atom stereocenters. The van der Waals surface area contributed by atoms with Gasteiger partial charge in [0.2, 0.25) is 0 Å². The van der Waals surface area contributed by atoms with Crippen LogP contribution in [0.2, 0.25) is 0 Å². The molecule has 2 nitrogen and oxygen atoms in total. The molecule has 2 aliphatic rings. The first kappa shape index (κ1) is 32.2. The summed E-state index contributed by atoms with van der Waals surface area (Å²) in [5.41, 5.74) is 15.0. The van der Waals surface area contributed by atoms with Gasteiger partial charge >= 0.3 is 0 Å². The maximum Gasteiger partial charge on any atom is 0.136 e. The Kier molecular flexibility index (Phi) is 7.05. The molecule has 57 heavy (non-hydrogen) atoms. The fraction of sp³-hybridized carbons (Fsp3) is 0. The van der Waals surface area contributed by atoms with E-state index in [9.17, 15) is 0 Å². The van der Waals surface area contributed by atoms with Gasteiger partial charge in [-0.25, -0.2) is 0 Å². The average Bonchev–Trinajstić information content (AvgIpc) is 3.91. The summed E-state index contributed by atoms with van der Waals surface area (Å²) in [6.45, 7) is 0. The Labute approximate surface area is 333 Å². The molecule has 0 bridgehead atoms. The van der Waals surface area contributed by atoms with Crippen molar-refractivity contribution in [2.75, 3.05) is 4.90 Å². The van der Waals surface area contributed by atoms with E-state index in [0.29, 0.717) is 0 Å². The van der Waals surface area contributed by atoms with E-state index in [-0.39, 0.29) is 0 Å². The molecule has 268 valence electrons. The zero-order chi connectivity index (χ0) is 37.5. The van der Waals surface area contributed by atoms with Crippen LogP contribution in [0, 0.1) is 0 Å².